The van der Waals surface area contributed by atoms with Gasteiger partial charge in [-0.2, -0.15) is 0 Å². The van der Waals surface area contributed by atoms with Gasteiger partial charge in [-0.15, -0.1) is 0 Å². The third-order valence-corrected chi connectivity index (χ3v) is 6.22. The zero-order chi connectivity index (χ0) is 20.9. The third kappa shape index (κ3) is 2.91. The molecule has 0 saturated heterocycles. The fourth-order valence-corrected chi connectivity index (χ4v) is 4.54. The zero-order valence-corrected chi connectivity index (χ0v) is 17.6. The minimum Gasteiger partial charge on any atom is -0.456 e. The number of aromatic nitrogens is 1. The lowest BCUT2D eigenvalue weighted by atomic mass is 9.98. The van der Waals surface area contributed by atoms with Gasteiger partial charge in [0.05, 0.1) is 5.56 Å². The Morgan fingerprint density at radius 3 is 2.13 bits per heavy atom. The number of rotatable bonds is 2. The summed E-state index contributed by atoms with van der Waals surface area (Å²) in [5, 5.41) is 4.78. The van der Waals surface area contributed by atoms with Gasteiger partial charge in [0.1, 0.15) is 18.2 Å². The molecule has 0 radical (unpaired) electrons. The molecule has 0 N–H and O–H groups in total. The minimum absolute atomic E-state index is 0.927. The fourth-order valence-electron chi connectivity index (χ4n) is 4.54. The van der Waals surface area contributed by atoms with E-state index >= 15 is 0 Å². The Bertz CT molecular complexity index is 1590. The second kappa shape index (κ2) is 6.82. The molecule has 148 valence electrons. The molecule has 2 aromatic heterocycles. The van der Waals surface area contributed by atoms with Crippen molar-refractivity contribution in [2.75, 3.05) is 0 Å². The maximum absolute atomic E-state index is 6.32. The molecule has 0 aliphatic carbocycles. The lowest BCUT2D eigenvalue weighted by Crippen LogP contribution is -2.30. The highest BCUT2D eigenvalue weighted by atomic mass is 16.3. The summed E-state index contributed by atoms with van der Waals surface area (Å²) in [6, 6.07) is 32.2. The lowest BCUT2D eigenvalue weighted by Gasteiger charge is -2.07. The number of benzene rings is 4. The van der Waals surface area contributed by atoms with Crippen LogP contribution in [0.3, 0.4) is 0 Å². The molecular weight excluding hydrogens is 378 g/mol. The summed E-state index contributed by atoms with van der Waals surface area (Å²) >= 11 is 0. The van der Waals surface area contributed by atoms with Crippen LogP contribution in [0.2, 0.25) is 0 Å². The monoisotopic (exact) mass is 400 g/mol. The smallest absolute Gasteiger partial charge is 0.213 e. The minimum atomic E-state index is 0.927. The van der Waals surface area contributed by atoms with E-state index in [-0.39, 0.29) is 0 Å². The quantitative estimate of drug-likeness (QED) is 0.281. The molecule has 6 rings (SSSR count). The first-order chi connectivity index (χ1) is 15.2. The van der Waals surface area contributed by atoms with Crippen molar-refractivity contribution < 1.29 is 8.98 Å². The third-order valence-electron chi connectivity index (χ3n) is 6.22. The number of nitrogens with zero attached hydrogens (tertiary/aromatic N) is 1. The first-order valence-electron chi connectivity index (χ1n) is 10.6. The predicted octanol–water partition coefficient (Wildman–Crippen LogP) is 7.21. The van der Waals surface area contributed by atoms with Crippen molar-refractivity contribution in [3.05, 3.63) is 103 Å². The number of hydrogen-bond donors (Lipinski definition) is 0. The standard InChI is InChI=1S/C29H22NO/c1-19-14-25-26-15-21-10-6-7-11-22(21)17-28(26)31-29(25)18-24(19)27-16-23(12-13-30(27)2)20-8-4-3-5-9-20/h3-18H,1-2H3/q+1. The molecule has 0 amide bonds. The van der Waals surface area contributed by atoms with Crippen LogP contribution in [0.4, 0.5) is 0 Å². The van der Waals surface area contributed by atoms with E-state index in [0.29, 0.717) is 0 Å². The van der Waals surface area contributed by atoms with Gasteiger partial charge in [0.15, 0.2) is 6.20 Å². The van der Waals surface area contributed by atoms with Crippen LogP contribution in [0.25, 0.3) is 55.1 Å². The molecule has 0 bridgehead atoms. The highest BCUT2D eigenvalue weighted by molar-refractivity contribution is 6.11. The molecule has 0 aliphatic rings. The molecule has 6 aromatic rings. The first kappa shape index (κ1) is 17.9. The van der Waals surface area contributed by atoms with Crippen LogP contribution in [0, 0.1) is 6.92 Å². The van der Waals surface area contributed by atoms with Gasteiger partial charge in [-0.25, -0.2) is 4.57 Å². The highest BCUT2D eigenvalue weighted by Crippen LogP contribution is 2.36. The molecule has 0 unspecified atom stereocenters. The van der Waals surface area contributed by atoms with Gasteiger partial charge in [-0.05, 0) is 58.7 Å². The van der Waals surface area contributed by atoms with Crippen molar-refractivity contribution >= 4 is 32.7 Å². The molecule has 0 saturated carbocycles. The maximum atomic E-state index is 6.32. The predicted molar refractivity (Wildman–Crippen MR) is 128 cm³/mol. The number of furan rings is 1. The van der Waals surface area contributed by atoms with Crippen molar-refractivity contribution in [1.29, 1.82) is 0 Å². The van der Waals surface area contributed by atoms with Crippen LogP contribution in [0.15, 0.2) is 102 Å². The number of aryl methyl sites for hydroxylation is 2. The second-order valence-corrected chi connectivity index (χ2v) is 8.24. The van der Waals surface area contributed by atoms with E-state index in [1.165, 1.54) is 49.5 Å². The van der Waals surface area contributed by atoms with Crippen LogP contribution in [0.5, 0.6) is 0 Å². The largest absolute Gasteiger partial charge is 0.456 e. The average molecular weight is 401 g/mol. The Morgan fingerprint density at radius 2 is 1.32 bits per heavy atom. The molecule has 2 nitrogen and oxygen atoms in total. The van der Waals surface area contributed by atoms with Gasteiger partial charge in [-0.3, -0.25) is 0 Å². The van der Waals surface area contributed by atoms with Crippen LogP contribution in [-0.4, -0.2) is 0 Å². The van der Waals surface area contributed by atoms with E-state index in [1.807, 2.05) is 0 Å². The SMILES string of the molecule is Cc1cc2c(cc1-c1cc(-c3ccccc3)cc[n+]1C)oc1cc3ccccc3cc12. The highest BCUT2D eigenvalue weighted by Gasteiger charge is 2.18. The van der Waals surface area contributed by atoms with E-state index < -0.39 is 0 Å². The van der Waals surface area contributed by atoms with Crippen LogP contribution in [0.1, 0.15) is 5.56 Å². The van der Waals surface area contributed by atoms with Crippen LogP contribution >= 0.6 is 0 Å². The van der Waals surface area contributed by atoms with E-state index in [4.69, 9.17) is 4.42 Å². The van der Waals surface area contributed by atoms with E-state index in [0.717, 1.165) is 11.2 Å². The Kier molecular flexibility index (Phi) is 3.94. The zero-order valence-electron chi connectivity index (χ0n) is 17.6. The summed E-state index contributed by atoms with van der Waals surface area (Å²) in [6.07, 6.45) is 2.13. The van der Waals surface area contributed by atoms with E-state index in [1.54, 1.807) is 0 Å². The van der Waals surface area contributed by atoms with Crippen molar-refractivity contribution in [3.8, 4) is 22.4 Å². The van der Waals surface area contributed by atoms with Crippen LogP contribution in [-0.2, 0) is 7.05 Å². The van der Waals surface area contributed by atoms with Gasteiger partial charge in [0.2, 0.25) is 5.69 Å². The average Bonchev–Trinajstić information content (AvgIpc) is 3.14. The molecule has 31 heavy (non-hydrogen) atoms. The molecule has 2 heteroatoms. The fraction of sp³-hybridized carbons (Fsp3) is 0.0690. The maximum Gasteiger partial charge on any atom is 0.213 e. The molecule has 0 aliphatic heterocycles. The van der Waals surface area contributed by atoms with Crippen molar-refractivity contribution in [2.45, 2.75) is 6.92 Å². The summed E-state index contributed by atoms with van der Waals surface area (Å²) < 4.78 is 8.50. The molecular formula is C29H22NO+. The Balaban J connectivity index is 1.57. The summed E-state index contributed by atoms with van der Waals surface area (Å²) in [6.45, 7) is 2.18. The lowest BCUT2D eigenvalue weighted by molar-refractivity contribution is -0.660. The van der Waals surface area contributed by atoms with Gasteiger partial charge in [0, 0.05) is 22.9 Å². The van der Waals surface area contributed by atoms with E-state index in [2.05, 4.69) is 116 Å². The van der Waals surface area contributed by atoms with E-state index in [9.17, 15) is 0 Å². The van der Waals surface area contributed by atoms with Crippen molar-refractivity contribution in [3.63, 3.8) is 0 Å². The van der Waals surface area contributed by atoms with Gasteiger partial charge in [0.25, 0.3) is 0 Å². The molecule has 0 fully saturated rings. The molecule has 0 atom stereocenters. The van der Waals surface area contributed by atoms with Crippen LogP contribution < -0.4 is 4.57 Å². The number of hydrogen-bond acceptors (Lipinski definition) is 1. The number of pyridine rings is 1. The summed E-state index contributed by atoms with van der Waals surface area (Å²) in [4.78, 5) is 0. The summed E-state index contributed by atoms with van der Waals surface area (Å²) in [7, 11) is 2.10. The van der Waals surface area contributed by atoms with Gasteiger partial charge < -0.3 is 4.42 Å². The Morgan fingerprint density at radius 1 is 0.645 bits per heavy atom. The summed E-state index contributed by atoms with van der Waals surface area (Å²) in [5.74, 6) is 0. The van der Waals surface area contributed by atoms with Crippen molar-refractivity contribution in [1.82, 2.24) is 0 Å². The molecule has 4 aromatic carbocycles. The molecule has 2 heterocycles. The number of fused-ring (bicyclic) bond motifs is 4. The normalized spacial score (nSPS) is 11.5. The summed E-state index contributed by atoms with van der Waals surface area (Å²) in [5.41, 5.74) is 7.90. The molecule has 0 spiro atoms. The Hall–Kier alpha value is -3.91. The second-order valence-electron chi connectivity index (χ2n) is 8.24. The topological polar surface area (TPSA) is 17.0 Å². The van der Waals surface area contributed by atoms with Gasteiger partial charge in [-0.1, -0.05) is 54.6 Å². The Labute approximate surface area is 181 Å². The van der Waals surface area contributed by atoms with Crippen molar-refractivity contribution in [2.24, 2.45) is 7.05 Å². The van der Waals surface area contributed by atoms with Gasteiger partial charge >= 0.3 is 0 Å². The first-order valence-corrected chi connectivity index (χ1v) is 10.6.